The van der Waals surface area contributed by atoms with Crippen molar-refractivity contribution in [1.29, 1.82) is 0 Å². The molecule has 0 unspecified atom stereocenters. The first kappa shape index (κ1) is 16.6. The van der Waals surface area contributed by atoms with Gasteiger partial charge in [0.2, 0.25) is 0 Å². The van der Waals surface area contributed by atoms with Crippen LogP contribution in [0.25, 0.3) is 11.3 Å². The molecule has 0 saturated heterocycles. The smallest absolute Gasteiger partial charge is 0.251 e. The van der Waals surface area contributed by atoms with Crippen LogP contribution in [0.1, 0.15) is 34.8 Å². The molecule has 1 saturated carbocycles. The molecule has 1 N–H and O–H groups in total. The number of aryl methyl sites for hydroxylation is 2. The average Bonchev–Trinajstić information content (AvgIpc) is 3.08. The summed E-state index contributed by atoms with van der Waals surface area (Å²) in [6.45, 7) is 5.54. The number of hydrogen-bond acceptors (Lipinski definition) is 3. The summed E-state index contributed by atoms with van der Waals surface area (Å²) in [5.74, 6) is 2.69. The van der Waals surface area contributed by atoms with Gasteiger partial charge in [-0.15, -0.1) is 0 Å². The first-order valence-electron chi connectivity index (χ1n) is 8.98. The van der Waals surface area contributed by atoms with Crippen LogP contribution in [-0.4, -0.2) is 22.0 Å². The molecule has 1 aliphatic rings. The summed E-state index contributed by atoms with van der Waals surface area (Å²) in [4.78, 5) is 16.8. The minimum atomic E-state index is -0.0270. The fourth-order valence-electron chi connectivity index (χ4n) is 3.25. The number of aromatic nitrogens is 2. The maximum atomic E-state index is 12.5. The van der Waals surface area contributed by atoms with Gasteiger partial charge in [-0.3, -0.25) is 4.79 Å². The van der Waals surface area contributed by atoms with Crippen LogP contribution in [0, 0.1) is 19.3 Å². The monoisotopic (exact) mass is 349 g/mol. The minimum absolute atomic E-state index is 0.0270. The number of hydrogen-bond donors (Lipinski definition) is 1. The van der Waals surface area contributed by atoms with Gasteiger partial charge in [-0.05, 0) is 51.0 Å². The van der Waals surface area contributed by atoms with Crippen molar-refractivity contribution in [2.24, 2.45) is 5.41 Å². The molecule has 0 spiro atoms. The van der Waals surface area contributed by atoms with Gasteiger partial charge in [0.25, 0.3) is 5.91 Å². The van der Waals surface area contributed by atoms with Gasteiger partial charge in [0.05, 0.1) is 0 Å². The SMILES string of the molecule is Cc1ccc(-c2ccc(C(=O)NCC3(Cn4ccnc4C)CC3)cc2)o1. The number of rotatable bonds is 6. The van der Waals surface area contributed by atoms with E-state index in [0.717, 1.165) is 42.3 Å². The van der Waals surface area contributed by atoms with Crippen LogP contribution in [0.3, 0.4) is 0 Å². The zero-order chi connectivity index (χ0) is 18.1. The van der Waals surface area contributed by atoms with Gasteiger partial charge in [0.15, 0.2) is 0 Å². The molecule has 0 atom stereocenters. The summed E-state index contributed by atoms with van der Waals surface area (Å²) in [6.07, 6.45) is 6.11. The van der Waals surface area contributed by atoms with Crippen molar-refractivity contribution in [3.63, 3.8) is 0 Å². The van der Waals surface area contributed by atoms with Crippen molar-refractivity contribution >= 4 is 5.91 Å². The molecule has 1 aromatic carbocycles. The highest BCUT2D eigenvalue weighted by Gasteiger charge is 2.43. The van der Waals surface area contributed by atoms with E-state index in [-0.39, 0.29) is 11.3 Å². The molecule has 1 fully saturated rings. The lowest BCUT2D eigenvalue weighted by Gasteiger charge is -2.17. The lowest BCUT2D eigenvalue weighted by molar-refractivity contribution is 0.0943. The normalized spacial score (nSPS) is 15.0. The Hall–Kier alpha value is -2.82. The van der Waals surface area contributed by atoms with Crippen LogP contribution < -0.4 is 5.32 Å². The van der Waals surface area contributed by atoms with E-state index in [1.165, 1.54) is 0 Å². The van der Waals surface area contributed by atoms with E-state index in [1.54, 1.807) is 0 Å². The van der Waals surface area contributed by atoms with E-state index >= 15 is 0 Å². The lowest BCUT2D eigenvalue weighted by atomic mass is 10.1. The molecule has 1 amide bonds. The first-order valence-corrected chi connectivity index (χ1v) is 8.98. The van der Waals surface area contributed by atoms with Gasteiger partial charge < -0.3 is 14.3 Å². The van der Waals surface area contributed by atoms with Gasteiger partial charge in [0.1, 0.15) is 17.3 Å². The van der Waals surface area contributed by atoms with Crippen molar-refractivity contribution < 1.29 is 9.21 Å². The third-order valence-electron chi connectivity index (χ3n) is 5.18. The lowest BCUT2D eigenvalue weighted by Crippen LogP contribution is -2.32. The summed E-state index contributed by atoms with van der Waals surface area (Å²) in [6, 6.07) is 11.4. The number of carbonyl (C=O) groups excluding carboxylic acids is 1. The third kappa shape index (κ3) is 3.43. The van der Waals surface area contributed by atoms with Gasteiger partial charge in [-0.1, -0.05) is 12.1 Å². The summed E-state index contributed by atoms with van der Waals surface area (Å²) < 4.78 is 7.79. The van der Waals surface area contributed by atoms with E-state index in [0.29, 0.717) is 12.1 Å². The predicted molar refractivity (Wildman–Crippen MR) is 99.8 cm³/mol. The highest BCUT2D eigenvalue weighted by molar-refractivity contribution is 5.94. The number of nitrogens with one attached hydrogen (secondary N) is 1. The quantitative estimate of drug-likeness (QED) is 0.732. The Kier molecular flexibility index (Phi) is 4.15. The molecule has 5 nitrogen and oxygen atoms in total. The zero-order valence-corrected chi connectivity index (χ0v) is 15.2. The van der Waals surface area contributed by atoms with Gasteiger partial charge in [0, 0.05) is 42.0 Å². The highest BCUT2D eigenvalue weighted by Crippen LogP contribution is 2.46. The van der Waals surface area contributed by atoms with E-state index in [4.69, 9.17) is 4.42 Å². The van der Waals surface area contributed by atoms with Crippen LogP contribution >= 0.6 is 0 Å². The second-order valence-corrected chi connectivity index (χ2v) is 7.27. The fraction of sp³-hybridized carbons (Fsp3) is 0.333. The standard InChI is InChI=1S/C21H23N3O2/c1-15-3-8-19(26-15)17-4-6-18(7-5-17)20(25)23-13-21(9-10-21)14-24-12-11-22-16(24)2/h3-8,11-12H,9-10,13-14H2,1-2H3,(H,23,25). The maximum absolute atomic E-state index is 12.5. The minimum Gasteiger partial charge on any atom is -0.461 e. The van der Waals surface area contributed by atoms with Crippen molar-refractivity contribution in [2.45, 2.75) is 33.2 Å². The van der Waals surface area contributed by atoms with E-state index in [1.807, 2.05) is 62.6 Å². The van der Waals surface area contributed by atoms with Crippen LogP contribution in [0.5, 0.6) is 0 Å². The Balaban J connectivity index is 1.37. The molecular formula is C21H23N3O2. The van der Waals surface area contributed by atoms with E-state index < -0.39 is 0 Å². The van der Waals surface area contributed by atoms with E-state index in [9.17, 15) is 4.79 Å². The topological polar surface area (TPSA) is 60.1 Å². The summed E-state index contributed by atoms with van der Waals surface area (Å²) in [5.41, 5.74) is 1.82. The molecule has 1 aliphatic carbocycles. The Morgan fingerprint density at radius 3 is 2.54 bits per heavy atom. The number of imidazole rings is 1. The molecular weight excluding hydrogens is 326 g/mol. The highest BCUT2D eigenvalue weighted by atomic mass is 16.3. The first-order chi connectivity index (χ1) is 12.5. The van der Waals surface area contributed by atoms with Crippen molar-refractivity contribution in [2.75, 3.05) is 6.54 Å². The Labute approximate surface area is 153 Å². The molecule has 0 radical (unpaired) electrons. The average molecular weight is 349 g/mol. The molecule has 0 bridgehead atoms. The Morgan fingerprint density at radius 1 is 1.19 bits per heavy atom. The summed E-state index contributed by atoms with van der Waals surface area (Å²) in [5, 5.41) is 3.10. The second-order valence-electron chi connectivity index (χ2n) is 7.27. The predicted octanol–water partition coefficient (Wildman–Crippen LogP) is 3.97. The largest absolute Gasteiger partial charge is 0.461 e. The molecule has 5 heteroatoms. The third-order valence-corrected chi connectivity index (χ3v) is 5.18. The molecule has 4 rings (SSSR count). The molecule has 0 aliphatic heterocycles. The van der Waals surface area contributed by atoms with E-state index in [2.05, 4.69) is 14.9 Å². The summed E-state index contributed by atoms with van der Waals surface area (Å²) >= 11 is 0. The number of furan rings is 1. The number of carbonyl (C=O) groups is 1. The Bertz CT molecular complexity index is 917. The molecule has 134 valence electrons. The van der Waals surface area contributed by atoms with Gasteiger partial charge in [-0.25, -0.2) is 4.98 Å². The van der Waals surface area contributed by atoms with Gasteiger partial charge >= 0.3 is 0 Å². The fourth-order valence-corrected chi connectivity index (χ4v) is 3.25. The van der Waals surface area contributed by atoms with Crippen LogP contribution in [0.15, 0.2) is 53.2 Å². The summed E-state index contributed by atoms with van der Waals surface area (Å²) in [7, 11) is 0. The molecule has 3 aromatic rings. The van der Waals surface area contributed by atoms with Crippen LogP contribution in [0.4, 0.5) is 0 Å². The van der Waals surface area contributed by atoms with Crippen molar-refractivity contribution in [3.05, 3.63) is 65.9 Å². The van der Waals surface area contributed by atoms with Crippen molar-refractivity contribution in [3.8, 4) is 11.3 Å². The number of nitrogens with zero attached hydrogens (tertiary/aromatic N) is 2. The number of amides is 1. The maximum Gasteiger partial charge on any atom is 0.251 e. The molecule has 2 heterocycles. The van der Waals surface area contributed by atoms with Crippen LogP contribution in [0.2, 0.25) is 0 Å². The number of benzene rings is 1. The Morgan fingerprint density at radius 2 is 1.96 bits per heavy atom. The van der Waals surface area contributed by atoms with Crippen molar-refractivity contribution in [1.82, 2.24) is 14.9 Å². The molecule has 2 aromatic heterocycles. The molecule has 26 heavy (non-hydrogen) atoms. The second kappa shape index (κ2) is 6.48. The van der Waals surface area contributed by atoms with Crippen LogP contribution in [-0.2, 0) is 6.54 Å². The van der Waals surface area contributed by atoms with Gasteiger partial charge in [-0.2, -0.15) is 0 Å². The zero-order valence-electron chi connectivity index (χ0n) is 15.2.